The highest BCUT2D eigenvalue weighted by molar-refractivity contribution is 6.06. The van der Waals surface area contributed by atoms with E-state index in [9.17, 15) is 4.79 Å². The van der Waals surface area contributed by atoms with E-state index in [1.807, 2.05) is 30.3 Å². The Morgan fingerprint density at radius 1 is 1.29 bits per heavy atom. The first kappa shape index (κ1) is 10.3. The first-order chi connectivity index (χ1) is 6.74. The van der Waals surface area contributed by atoms with Crippen LogP contribution < -0.4 is 0 Å². The van der Waals surface area contributed by atoms with E-state index in [1.54, 1.807) is 13.0 Å². The van der Waals surface area contributed by atoms with E-state index >= 15 is 0 Å². The van der Waals surface area contributed by atoms with Crippen molar-refractivity contribution in [3.8, 4) is 0 Å². The Morgan fingerprint density at radius 2 is 1.93 bits per heavy atom. The fraction of sp³-hybridized carbons (Fsp3) is 0.0833. The second-order valence-electron chi connectivity index (χ2n) is 2.92. The SMILES string of the molecule is C/C(=C\c1ccccc1)C(=O)/C=C\O. The molecular formula is C12H12O2. The van der Waals surface area contributed by atoms with Gasteiger partial charge in [-0.05, 0) is 24.1 Å². The maximum atomic E-state index is 11.2. The molecule has 0 aromatic heterocycles. The lowest BCUT2D eigenvalue weighted by atomic mass is 10.1. The zero-order chi connectivity index (χ0) is 10.4. The Labute approximate surface area is 83.2 Å². The van der Waals surface area contributed by atoms with Gasteiger partial charge in [-0.3, -0.25) is 4.79 Å². The maximum absolute atomic E-state index is 11.2. The second-order valence-corrected chi connectivity index (χ2v) is 2.92. The van der Waals surface area contributed by atoms with Gasteiger partial charge in [0.15, 0.2) is 5.78 Å². The predicted octanol–water partition coefficient (Wildman–Crippen LogP) is 2.73. The minimum absolute atomic E-state index is 0.184. The van der Waals surface area contributed by atoms with E-state index in [4.69, 9.17) is 5.11 Å². The minimum Gasteiger partial charge on any atom is -0.515 e. The van der Waals surface area contributed by atoms with Gasteiger partial charge in [0.1, 0.15) is 0 Å². The smallest absolute Gasteiger partial charge is 0.184 e. The Kier molecular flexibility index (Phi) is 3.68. The molecule has 0 bridgehead atoms. The summed E-state index contributed by atoms with van der Waals surface area (Å²) in [5, 5.41) is 8.42. The first-order valence-electron chi connectivity index (χ1n) is 4.32. The third-order valence-corrected chi connectivity index (χ3v) is 1.80. The van der Waals surface area contributed by atoms with Crippen molar-refractivity contribution in [2.24, 2.45) is 0 Å². The number of benzene rings is 1. The number of allylic oxidation sites excluding steroid dienone is 2. The van der Waals surface area contributed by atoms with Crippen LogP contribution in [0.4, 0.5) is 0 Å². The summed E-state index contributed by atoms with van der Waals surface area (Å²) in [5.41, 5.74) is 1.58. The quantitative estimate of drug-likeness (QED) is 0.585. The van der Waals surface area contributed by atoms with Gasteiger partial charge in [-0.2, -0.15) is 0 Å². The van der Waals surface area contributed by atoms with E-state index in [1.165, 1.54) is 0 Å². The Balaban J connectivity index is 2.84. The third-order valence-electron chi connectivity index (χ3n) is 1.80. The van der Waals surface area contributed by atoms with Crippen LogP contribution in [0.25, 0.3) is 6.08 Å². The molecule has 72 valence electrons. The van der Waals surface area contributed by atoms with Crippen molar-refractivity contribution in [1.82, 2.24) is 0 Å². The third kappa shape index (κ3) is 2.90. The van der Waals surface area contributed by atoms with E-state index < -0.39 is 0 Å². The van der Waals surface area contributed by atoms with Crippen molar-refractivity contribution in [2.45, 2.75) is 6.92 Å². The number of carbonyl (C=O) groups is 1. The Bertz CT molecular complexity index is 361. The molecule has 1 aromatic carbocycles. The second kappa shape index (κ2) is 5.02. The molecule has 1 N–H and O–H groups in total. The number of rotatable bonds is 3. The summed E-state index contributed by atoms with van der Waals surface area (Å²) in [7, 11) is 0. The van der Waals surface area contributed by atoms with Crippen LogP contribution in [0.1, 0.15) is 12.5 Å². The topological polar surface area (TPSA) is 37.3 Å². The standard InChI is InChI=1S/C12H12O2/c1-10(12(14)7-8-13)9-11-5-3-2-4-6-11/h2-9,13H,1H3/b8-7-,10-9+. The molecule has 0 fully saturated rings. The van der Waals surface area contributed by atoms with Gasteiger partial charge in [-0.1, -0.05) is 30.3 Å². The molecule has 0 aliphatic carbocycles. The normalized spacial score (nSPS) is 11.9. The van der Waals surface area contributed by atoms with Crippen molar-refractivity contribution in [3.05, 3.63) is 53.8 Å². The number of ketones is 1. The lowest BCUT2D eigenvalue weighted by Crippen LogP contribution is -1.93. The molecule has 1 rings (SSSR count). The molecule has 1 aromatic rings. The lowest BCUT2D eigenvalue weighted by molar-refractivity contribution is -0.111. The summed E-state index contributed by atoms with van der Waals surface area (Å²) in [6.45, 7) is 1.72. The molecule has 0 spiro atoms. The van der Waals surface area contributed by atoms with Crippen molar-refractivity contribution in [2.75, 3.05) is 0 Å². The molecule has 0 aliphatic heterocycles. The van der Waals surface area contributed by atoms with Gasteiger partial charge < -0.3 is 5.11 Å². The molecule has 0 aliphatic rings. The summed E-state index contributed by atoms with van der Waals surface area (Å²) in [6.07, 6.45) is 3.67. The van der Waals surface area contributed by atoms with Crippen LogP contribution in [0.5, 0.6) is 0 Å². The van der Waals surface area contributed by atoms with Crippen LogP contribution in [-0.4, -0.2) is 10.9 Å². The Hall–Kier alpha value is -1.83. The minimum atomic E-state index is -0.184. The zero-order valence-corrected chi connectivity index (χ0v) is 7.97. The summed E-state index contributed by atoms with van der Waals surface area (Å²) >= 11 is 0. The van der Waals surface area contributed by atoms with Gasteiger partial charge in [-0.15, -0.1) is 0 Å². The van der Waals surface area contributed by atoms with Gasteiger partial charge in [0.05, 0.1) is 6.26 Å². The zero-order valence-electron chi connectivity index (χ0n) is 7.97. The number of hydrogen-bond acceptors (Lipinski definition) is 2. The Morgan fingerprint density at radius 3 is 2.50 bits per heavy atom. The highest BCUT2D eigenvalue weighted by atomic mass is 16.2. The van der Waals surface area contributed by atoms with Crippen molar-refractivity contribution >= 4 is 11.9 Å². The van der Waals surface area contributed by atoms with Crippen molar-refractivity contribution in [3.63, 3.8) is 0 Å². The van der Waals surface area contributed by atoms with Crippen LogP contribution in [0, 0.1) is 0 Å². The molecular weight excluding hydrogens is 176 g/mol. The highest BCUT2D eigenvalue weighted by Crippen LogP contribution is 2.06. The van der Waals surface area contributed by atoms with Crippen LogP contribution in [0.3, 0.4) is 0 Å². The molecule has 0 saturated heterocycles. The van der Waals surface area contributed by atoms with Gasteiger partial charge in [0, 0.05) is 6.08 Å². The highest BCUT2D eigenvalue weighted by Gasteiger charge is 1.98. The fourth-order valence-corrected chi connectivity index (χ4v) is 1.07. The largest absolute Gasteiger partial charge is 0.515 e. The molecule has 2 heteroatoms. The number of aliphatic hydroxyl groups is 1. The summed E-state index contributed by atoms with van der Waals surface area (Å²) < 4.78 is 0. The maximum Gasteiger partial charge on any atom is 0.184 e. The van der Waals surface area contributed by atoms with Crippen molar-refractivity contribution < 1.29 is 9.90 Å². The lowest BCUT2D eigenvalue weighted by Gasteiger charge is -1.95. The number of carbonyl (C=O) groups excluding carboxylic acids is 1. The molecule has 0 amide bonds. The van der Waals surface area contributed by atoms with E-state index in [0.717, 1.165) is 17.9 Å². The van der Waals surface area contributed by atoms with Gasteiger partial charge in [0.25, 0.3) is 0 Å². The molecule has 0 atom stereocenters. The molecule has 0 heterocycles. The van der Waals surface area contributed by atoms with Crippen LogP contribution in [0.2, 0.25) is 0 Å². The van der Waals surface area contributed by atoms with Crippen LogP contribution >= 0.6 is 0 Å². The molecule has 0 saturated carbocycles. The molecule has 0 radical (unpaired) electrons. The monoisotopic (exact) mass is 188 g/mol. The van der Waals surface area contributed by atoms with Crippen molar-refractivity contribution in [1.29, 1.82) is 0 Å². The summed E-state index contributed by atoms with van der Waals surface area (Å²) in [4.78, 5) is 11.2. The van der Waals surface area contributed by atoms with Gasteiger partial charge in [0.2, 0.25) is 0 Å². The molecule has 14 heavy (non-hydrogen) atoms. The van der Waals surface area contributed by atoms with Gasteiger partial charge >= 0.3 is 0 Å². The molecule has 0 unspecified atom stereocenters. The van der Waals surface area contributed by atoms with Crippen LogP contribution in [-0.2, 0) is 4.79 Å². The average Bonchev–Trinajstić information content (AvgIpc) is 2.19. The van der Waals surface area contributed by atoms with E-state index in [0.29, 0.717) is 5.57 Å². The first-order valence-corrected chi connectivity index (χ1v) is 4.32. The fourth-order valence-electron chi connectivity index (χ4n) is 1.07. The van der Waals surface area contributed by atoms with Crippen LogP contribution in [0.15, 0.2) is 48.2 Å². The molecule has 2 nitrogen and oxygen atoms in total. The number of hydrogen-bond donors (Lipinski definition) is 1. The van der Waals surface area contributed by atoms with E-state index in [-0.39, 0.29) is 5.78 Å². The summed E-state index contributed by atoms with van der Waals surface area (Å²) in [5.74, 6) is -0.184. The van der Waals surface area contributed by atoms with E-state index in [2.05, 4.69) is 0 Å². The number of aliphatic hydroxyl groups excluding tert-OH is 1. The van der Waals surface area contributed by atoms with Gasteiger partial charge in [-0.25, -0.2) is 0 Å². The predicted molar refractivity (Wildman–Crippen MR) is 56.9 cm³/mol. The summed E-state index contributed by atoms with van der Waals surface area (Å²) in [6, 6.07) is 9.57. The average molecular weight is 188 g/mol.